The lowest BCUT2D eigenvalue weighted by molar-refractivity contribution is 0.236. The first-order valence-electron chi connectivity index (χ1n) is 6.02. The summed E-state index contributed by atoms with van der Waals surface area (Å²) in [4.78, 5) is 0. The van der Waals surface area contributed by atoms with Gasteiger partial charge in [-0.15, -0.1) is 0 Å². The topological polar surface area (TPSA) is 0 Å². The molecule has 0 nitrogen and oxygen atoms in total. The maximum Gasteiger partial charge on any atom is -0.0205 e. The van der Waals surface area contributed by atoms with E-state index < -0.39 is 0 Å². The molecule has 0 saturated heterocycles. The summed E-state index contributed by atoms with van der Waals surface area (Å²) >= 11 is 0. The Balaban J connectivity index is 1.91. The van der Waals surface area contributed by atoms with E-state index in [0.29, 0.717) is 5.41 Å². The van der Waals surface area contributed by atoms with Crippen molar-refractivity contribution in [1.82, 2.24) is 0 Å². The standard InChI is InChI=1S/C13H23/c1-13(2)9-5-8-12(10-13)11-6-3-4-7-11/h11H,3-10H2,1-2H3. The van der Waals surface area contributed by atoms with E-state index in [1.807, 2.05) is 5.92 Å². The first-order chi connectivity index (χ1) is 6.17. The predicted octanol–water partition coefficient (Wildman–Crippen LogP) is 4.35. The average molecular weight is 179 g/mol. The van der Waals surface area contributed by atoms with Crippen molar-refractivity contribution >= 4 is 0 Å². The molecule has 75 valence electrons. The minimum atomic E-state index is 0.621. The van der Waals surface area contributed by atoms with Gasteiger partial charge < -0.3 is 0 Å². The molecular formula is C13H23. The fourth-order valence-electron chi connectivity index (χ4n) is 3.27. The number of hydrogen-bond acceptors (Lipinski definition) is 0. The third-order valence-electron chi connectivity index (χ3n) is 3.99. The van der Waals surface area contributed by atoms with Crippen molar-refractivity contribution in [3.63, 3.8) is 0 Å². The molecule has 0 unspecified atom stereocenters. The van der Waals surface area contributed by atoms with Gasteiger partial charge in [-0.3, -0.25) is 0 Å². The van der Waals surface area contributed by atoms with Crippen LogP contribution < -0.4 is 0 Å². The first-order valence-corrected chi connectivity index (χ1v) is 6.02. The molecule has 2 saturated carbocycles. The van der Waals surface area contributed by atoms with Crippen molar-refractivity contribution in [3.05, 3.63) is 5.92 Å². The minimum Gasteiger partial charge on any atom is -0.0599 e. The van der Waals surface area contributed by atoms with Crippen molar-refractivity contribution in [2.24, 2.45) is 11.3 Å². The summed E-state index contributed by atoms with van der Waals surface area (Å²) in [6.45, 7) is 4.89. The normalized spacial score (nSPS) is 30.9. The Kier molecular flexibility index (Phi) is 2.67. The van der Waals surface area contributed by atoms with Crippen LogP contribution in [0.25, 0.3) is 0 Å². The van der Waals surface area contributed by atoms with Gasteiger partial charge in [0, 0.05) is 0 Å². The summed E-state index contributed by atoms with van der Waals surface area (Å²) in [6.07, 6.45) is 11.8. The van der Waals surface area contributed by atoms with Gasteiger partial charge in [-0.1, -0.05) is 33.1 Å². The third-order valence-corrected chi connectivity index (χ3v) is 3.99. The van der Waals surface area contributed by atoms with Gasteiger partial charge in [0.2, 0.25) is 0 Å². The molecule has 0 aromatic heterocycles. The SMILES string of the molecule is CC1(C)CCC[C](C2CCCC2)C1. The molecule has 2 rings (SSSR count). The second-order valence-corrected chi connectivity index (χ2v) is 5.83. The summed E-state index contributed by atoms with van der Waals surface area (Å²) in [5.74, 6) is 2.95. The highest BCUT2D eigenvalue weighted by Crippen LogP contribution is 2.47. The zero-order valence-electron chi connectivity index (χ0n) is 9.23. The van der Waals surface area contributed by atoms with E-state index >= 15 is 0 Å². The van der Waals surface area contributed by atoms with Crippen LogP contribution in [-0.2, 0) is 0 Å². The van der Waals surface area contributed by atoms with Gasteiger partial charge in [-0.25, -0.2) is 0 Å². The zero-order valence-corrected chi connectivity index (χ0v) is 9.23. The Morgan fingerprint density at radius 1 is 1.08 bits per heavy atom. The Morgan fingerprint density at radius 2 is 1.77 bits per heavy atom. The summed E-state index contributed by atoms with van der Waals surface area (Å²) in [7, 11) is 0. The molecule has 2 fully saturated rings. The van der Waals surface area contributed by atoms with E-state index in [2.05, 4.69) is 13.8 Å². The van der Waals surface area contributed by atoms with E-state index in [0.717, 1.165) is 5.92 Å². The van der Waals surface area contributed by atoms with E-state index in [1.165, 1.54) is 51.4 Å². The third kappa shape index (κ3) is 2.27. The van der Waals surface area contributed by atoms with E-state index in [4.69, 9.17) is 0 Å². The van der Waals surface area contributed by atoms with Gasteiger partial charge in [-0.05, 0) is 49.4 Å². The van der Waals surface area contributed by atoms with E-state index in [1.54, 1.807) is 0 Å². The quantitative estimate of drug-likeness (QED) is 0.561. The molecule has 0 atom stereocenters. The summed E-state index contributed by atoms with van der Waals surface area (Å²) in [5, 5.41) is 0. The van der Waals surface area contributed by atoms with Gasteiger partial charge in [-0.2, -0.15) is 0 Å². The Hall–Kier alpha value is 0. The first kappa shape index (κ1) is 9.55. The van der Waals surface area contributed by atoms with Crippen LogP contribution in [-0.4, -0.2) is 0 Å². The average Bonchev–Trinajstić information content (AvgIpc) is 2.53. The van der Waals surface area contributed by atoms with E-state index in [-0.39, 0.29) is 0 Å². The molecule has 0 heterocycles. The van der Waals surface area contributed by atoms with Crippen molar-refractivity contribution in [3.8, 4) is 0 Å². The van der Waals surface area contributed by atoms with Gasteiger partial charge in [0.25, 0.3) is 0 Å². The van der Waals surface area contributed by atoms with Crippen LogP contribution in [0.1, 0.15) is 65.2 Å². The highest BCUT2D eigenvalue weighted by atomic mass is 14.4. The minimum absolute atomic E-state index is 0.621. The fraction of sp³-hybridized carbons (Fsp3) is 0.923. The molecule has 0 aliphatic heterocycles. The molecule has 2 aliphatic rings. The molecule has 0 bridgehead atoms. The summed E-state index contributed by atoms with van der Waals surface area (Å²) in [6, 6.07) is 0. The largest absolute Gasteiger partial charge is 0.0599 e. The molecular weight excluding hydrogens is 156 g/mol. The predicted molar refractivity (Wildman–Crippen MR) is 57.5 cm³/mol. The molecule has 2 aliphatic carbocycles. The lowest BCUT2D eigenvalue weighted by Gasteiger charge is -2.37. The van der Waals surface area contributed by atoms with Crippen LogP contribution in [0, 0.1) is 17.3 Å². The van der Waals surface area contributed by atoms with Crippen molar-refractivity contribution in [1.29, 1.82) is 0 Å². The van der Waals surface area contributed by atoms with Crippen LogP contribution in [0.3, 0.4) is 0 Å². The van der Waals surface area contributed by atoms with Gasteiger partial charge in [0.05, 0.1) is 0 Å². The lowest BCUT2D eigenvalue weighted by atomic mass is 9.68. The highest BCUT2D eigenvalue weighted by Gasteiger charge is 2.33. The van der Waals surface area contributed by atoms with Crippen LogP contribution in [0.4, 0.5) is 0 Å². The van der Waals surface area contributed by atoms with E-state index in [9.17, 15) is 0 Å². The van der Waals surface area contributed by atoms with Crippen LogP contribution >= 0.6 is 0 Å². The Bertz CT molecular complexity index is 163. The van der Waals surface area contributed by atoms with Crippen molar-refractivity contribution in [2.75, 3.05) is 0 Å². The second-order valence-electron chi connectivity index (χ2n) is 5.83. The molecule has 0 aromatic rings. The van der Waals surface area contributed by atoms with Gasteiger partial charge >= 0.3 is 0 Å². The van der Waals surface area contributed by atoms with Gasteiger partial charge in [0.1, 0.15) is 0 Å². The molecule has 0 spiro atoms. The second kappa shape index (κ2) is 3.63. The highest BCUT2D eigenvalue weighted by molar-refractivity contribution is 5.04. The maximum absolute atomic E-state index is 2.45. The Morgan fingerprint density at radius 3 is 2.38 bits per heavy atom. The van der Waals surface area contributed by atoms with Crippen molar-refractivity contribution in [2.45, 2.75) is 65.2 Å². The van der Waals surface area contributed by atoms with Crippen molar-refractivity contribution < 1.29 is 0 Å². The number of rotatable bonds is 1. The molecule has 0 aromatic carbocycles. The smallest absolute Gasteiger partial charge is 0.0205 e. The van der Waals surface area contributed by atoms with Crippen LogP contribution in [0.5, 0.6) is 0 Å². The number of hydrogen-bond donors (Lipinski definition) is 0. The molecule has 0 heteroatoms. The Labute approximate surface area is 83.1 Å². The van der Waals surface area contributed by atoms with Gasteiger partial charge in [0.15, 0.2) is 0 Å². The maximum atomic E-state index is 2.45. The fourth-order valence-corrected chi connectivity index (χ4v) is 3.27. The molecule has 13 heavy (non-hydrogen) atoms. The summed E-state index contributed by atoms with van der Waals surface area (Å²) < 4.78 is 0. The molecule has 0 N–H and O–H groups in total. The molecule has 1 radical (unpaired) electrons. The van der Waals surface area contributed by atoms with Crippen LogP contribution in [0.15, 0.2) is 0 Å². The lowest BCUT2D eigenvalue weighted by Crippen LogP contribution is -2.25. The van der Waals surface area contributed by atoms with Crippen LogP contribution in [0.2, 0.25) is 0 Å². The monoisotopic (exact) mass is 179 g/mol. The zero-order chi connectivity index (χ0) is 9.31. The molecule has 0 amide bonds. The summed E-state index contributed by atoms with van der Waals surface area (Å²) in [5.41, 5.74) is 0.621.